The Bertz CT molecular complexity index is 1820. The van der Waals surface area contributed by atoms with Gasteiger partial charge in [-0.1, -0.05) is 97.1 Å². The molecule has 1 aliphatic rings. The van der Waals surface area contributed by atoms with E-state index in [-0.39, 0.29) is 42.1 Å². The average molecular weight is 723 g/mol. The van der Waals surface area contributed by atoms with E-state index in [1.807, 2.05) is 36.4 Å². The van der Waals surface area contributed by atoms with Gasteiger partial charge in [0.1, 0.15) is 18.3 Å². The monoisotopic (exact) mass is 721 g/mol. The predicted octanol–water partition coefficient (Wildman–Crippen LogP) is 7.68. The summed E-state index contributed by atoms with van der Waals surface area (Å²) >= 11 is 12.5. The smallest absolute Gasteiger partial charge is 0.264 e. The molecule has 1 N–H and O–H groups in total. The van der Waals surface area contributed by atoms with Crippen LogP contribution < -0.4 is 14.4 Å². The van der Waals surface area contributed by atoms with Crippen LogP contribution in [-0.4, -0.2) is 50.4 Å². The number of para-hydroxylation sites is 2. The normalized spacial score (nSPS) is 14.1. The first-order valence-corrected chi connectivity index (χ1v) is 18.7. The Morgan fingerprint density at radius 3 is 2.20 bits per heavy atom. The van der Waals surface area contributed by atoms with Gasteiger partial charge in [0.15, 0.2) is 0 Å². The molecule has 1 atom stereocenters. The van der Waals surface area contributed by atoms with Gasteiger partial charge in [-0.25, -0.2) is 8.42 Å². The average Bonchev–Trinajstić information content (AvgIpc) is 3.10. The molecule has 1 aliphatic carbocycles. The van der Waals surface area contributed by atoms with Gasteiger partial charge in [0.05, 0.1) is 17.2 Å². The lowest BCUT2D eigenvalue weighted by Crippen LogP contribution is -2.55. The van der Waals surface area contributed by atoms with Crippen LogP contribution >= 0.6 is 23.2 Å². The third-order valence-corrected chi connectivity index (χ3v) is 10.8. The molecule has 1 fully saturated rings. The number of carbonyl (C=O) groups excluding carboxylic acids is 2. The van der Waals surface area contributed by atoms with Gasteiger partial charge in [-0.2, -0.15) is 0 Å². The number of ether oxygens (including phenoxy) is 1. The number of halogens is 2. The van der Waals surface area contributed by atoms with Crippen molar-refractivity contribution in [3.8, 4) is 5.75 Å². The van der Waals surface area contributed by atoms with Crippen molar-refractivity contribution in [3.05, 3.63) is 124 Å². The lowest BCUT2D eigenvalue weighted by atomic mass is 9.94. The second-order valence-electron chi connectivity index (χ2n) is 12.1. The van der Waals surface area contributed by atoms with E-state index < -0.39 is 28.5 Å². The Balaban J connectivity index is 1.59. The van der Waals surface area contributed by atoms with Gasteiger partial charge in [0.25, 0.3) is 10.0 Å². The maximum Gasteiger partial charge on any atom is 0.264 e. The molecule has 0 radical (unpaired) electrons. The lowest BCUT2D eigenvalue weighted by molar-refractivity contribution is -0.140. The van der Waals surface area contributed by atoms with Crippen molar-refractivity contribution < 1.29 is 22.7 Å². The highest BCUT2D eigenvalue weighted by molar-refractivity contribution is 7.92. The first-order chi connectivity index (χ1) is 23.7. The highest BCUT2D eigenvalue weighted by Gasteiger charge is 2.36. The lowest BCUT2D eigenvalue weighted by Gasteiger charge is -2.35. The van der Waals surface area contributed by atoms with Crippen LogP contribution in [0.3, 0.4) is 0 Å². The third kappa shape index (κ3) is 9.56. The minimum absolute atomic E-state index is 0.00231. The number of sulfonamides is 1. The van der Waals surface area contributed by atoms with Crippen LogP contribution in [0.25, 0.3) is 0 Å². The summed E-state index contributed by atoms with van der Waals surface area (Å²) in [5.74, 6) is -0.552. The molecule has 0 aliphatic heterocycles. The summed E-state index contributed by atoms with van der Waals surface area (Å²) in [7, 11) is -4.32. The van der Waals surface area contributed by atoms with Gasteiger partial charge < -0.3 is 15.0 Å². The van der Waals surface area contributed by atoms with E-state index in [1.165, 1.54) is 29.2 Å². The number of carbonyl (C=O) groups is 2. The number of hydrogen-bond donors (Lipinski definition) is 1. The summed E-state index contributed by atoms with van der Waals surface area (Å²) in [6.07, 6.45) is 5.14. The molecule has 1 saturated carbocycles. The zero-order valence-electron chi connectivity index (χ0n) is 27.4. The number of hydrogen-bond acceptors (Lipinski definition) is 5. The number of rotatable bonds is 14. The van der Waals surface area contributed by atoms with Crippen molar-refractivity contribution >= 4 is 50.7 Å². The molecule has 258 valence electrons. The zero-order valence-corrected chi connectivity index (χ0v) is 29.8. The van der Waals surface area contributed by atoms with Crippen LogP contribution in [-0.2, 0) is 32.6 Å². The molecule has 2 amide bonds. The molecule has 0 saturated heterocycles. The molecule has 8 nitrogen and oxygen atoms in total. The van der Waals surface area contributed by atoms with Gasteiger partial charge in [-0.05, 0) is 79.4 Å². The van der Waals surface area contributed by atoms with E-state index in [1.54, 1.807) is 49.4 Å². The van der Waals surface area contributed by atoms with Crippen molar-refractivity contribution in [1.82, 2.24) is 10.2 Å². The van der Waals surface area contributed by atoms with Crippen molar-refractivity contribution in [3.63, 3.8) is 0 Å². The Morgan fingerprint density at radius 1 is 0.837 bits per heavy atom. The third-order valence-electron chi connectivity index (χ3n) is 8.58. The summed E-state index contributed by atoms with van der Waals surface area (Å²) in [6, 6.07) is 28.1. The van der Waals surface area contributed by atoms with E-state index >= 15 is 0 Å². The molecule has 4 aromatic carbocycles. The Hall–Kier alpha value is -4.05. The van der Waals surface area contributed by atoms with Crippen LogP contribution in [0.2, 0.25) is 10.0 Å². The highest BCUT2D eigenvalue weighted by atomic mass is 35.5. The summed E-state index contributed by atoms with van der Waals surface area (Å²) in [6.45, 7) is 1.50. The minimum Gasteiger partial charge on any atom is -0.492 e. The fourth-order valence-corrected chi connectivity index (χ4v) is 7.88. The Morgan fingerprint density at radius 2 is 1.51 bits per heavy atom. The summed E-state index contributed by atoms with van der Waals surface area (Å²) in [5.41, 5.74) is 1.76. The first-order valence-electron chi connectivity index (χ1n) is 16.5. The van der Waals surface area contributed by atoms with Crippen LogP contribution in [0.1, 0.15) is 50.2 Å². The number of amides is 2. The molecular weight excluding hydrogens is 681 g/mol. The first kappa shape index (κ1) is 36.2. The van der Waals surface area contributed by atoms with Crippen molar-refractivity contribution in [1.29, 1.82) is 0 Å². The van der Waals surface area contributed by atoms with Gasteiger partial charge >= 0.3 is 0 Å². The van der Waals surface area contributed by atoms with E-state index in [0.717, 1.165) is 42.0 Å². The number of anilines is 1. The number of nitrogens with one attached hydrogen (secondary N) is 1. The molecule has 0 aromatic heterocycles. The van der Waals surface area contributed by atoms with E-state index in [0.29, 0.717) is 21.4 Å². The second-order valence-corrected chi connectivity index (χ2v) is 14.8. The SMILES string of the molecule is CCOc1ccccc1N(CC(=O)N(Cc1cccc(Cl)c1)C(Cc1ccccc1)C(=O)NC1CCCCC1)S(=O)(=O)c1ccc(Cl)cc1. The maximum atomic E-state index is 14.8. The molecule has 0 spiro atoms. The number of benzene rings is 4. The van der Waals surface area contributed by atoms with Crippen LogP contribution in [0, 0.1) is 0 Å². The molecule has 11 heteroatoms. The van der Waals surface area contributed by atoms with E-state index in [2.05, 4.69) is 5.32 Å². The molecule has 0 bridgehead atoms. The molecule has 49 heavy (non-hydrogen) atoms. The van der Waals surface area contributed by atoms with Gasteiger partial charge in [-0.3, -0.25) is 13.9 Å². The number of nitrogens with zero attached hydrogens (tertiary/aromatic N) is 2. The van der Waals surface area contributed by atoms with Crippen molar-refractivity contribution in [2.24, 2.45) is 0 Å². The molecule has 1 unspecified atom stereocenters. The summed E-state index contributed by atoms with van der Waals surface area (Å²) in [5, 5.41) is 4.07. The zero-order chi connectivity index (χ0) is 34.8. The van der Waals surface area contributed by atoms with E-state index in [4.69, 9.17) is 27.9 Å². The Kier molecular flexibility index (Phi) is 12.6. The molecule has 5 rings (SSSR count). The summed E-state index contributed by atoms with van der Waals surface area (Å²) < 4.78 is 35.6. The largest absolute Gasteiger partial charge is 0.492 e. The maximum absolute atomic E-state index is 14.8. The van der Waals surface area contributed by atoms with Crippen molar-refractivity contribution in [2.45, 2.75) is 69.0 Å². The van der Waals surface area contributed by atoms with Gasteiger partial charge in [-0.15, -0.1) is 0 Å². The van der Waals surface area contributed by atoms with Crippen LogP contribution in [0.5, 0.6) is 5.75 Å². The fourth-order valence-electron chi connectivity index (χ4n) is 6.12. The van der Waals surface area contributed by atoms with Gasteiger partial charge in [0.2, 0.25) is 11.8 Å². The van der Waals surface area contributed by atoms with Gasteiger partial charge in [0, 0.05) is 29.1 Å². The van der Waals surface area contributed by atoms with Crippen molar-refractivity contribution in [2.75, 3.05) is 17.5 Å². The molecular formula is C38H41Cl2N3O5S. The minimum atomic E-state index is -4.32. The van der Waals surface area contributed by atoms with Crippen LogP contribution in [0.15, 0.2) is 108 Å². The second kappa shape index (κ2) is 17.1. The summed E-state index contributed by atoms with van der Waals surface area (Å²) in [4.78, 5) is 30.5. The fraction of sp³-hybridized carbons (Fsp3) is 0.316. The molecule has 0 heterocycles. The topological polar surface area (TPSA) is 96.0 Å². The van der Waals surface area contributed by atoms with Crippen LogP contribution in [0.4, 0.5) is 5.69 Å². The standard InChI is InChI=1S/C38H41Cl2N3O5S/c1-2-48-36-19-10-9-18-34(36)43(49(46,47)33-22-20-30(39)21-23-33)27-37(44)42(26-29-14-11-15-31(40)24-29)35(25-28-12-5-3-6-13-28)38(45)41-32-16-7-4-8-17-32/h3,5-6,9-15,18-24,32,35H,2,4,7-8,16-17,25-27H2,1H3,(H,41,45). The van der Waals surface area contributed by atoms with E-state index in [9.17, 15) is 18.0 Å². The molecule has 4 aromatic rings. The Labute approximate surface area is 299 Å². The predicted molar refractivity (Wildman–Crippen MR) is 195 cm³/mol. The highest BCUT2D eigenvalue weighted by Crippen LogP contribution is 2.33. The quantitative estimate of drug-likeness (QED) is 0.144.